The largest absolute Gasteiger partial charge is 0.416 e. The van der Waals surface area contributed by atoms with Gasteiger partial charge in [0, 0.05) is 12.6 Å². The van der Waals surface area contributed by atoms with Crippen molar-refractivity contribution < 1.29 is 13.2 Å². The van der Waals surface area contributed by atoms with Crippen LogP contribution in [0.25, 0.3) is 0 Å². The van der Waals surface area contributed by atoms with Crippen molar-refractivity contribution in [2.45, 2.75) is 19.1 Å². The van der Waals surface area contributed by atoms with E-state index in [9.17, 15) is 13.2 Å². The van der Waals surface area contributed by atoms with Crippen LogP contribution in [0, 0.1) is 0 Å². The van der Waals surface area contributed by atoms with Crippen LogP contribution in [0.1, 0.15) is 24.1 Å². The number of rotatable bonds is 4. The molecule has 1 aromatic rings. The van der Waals surface area contributed by atoms with Gasteiger partial charge in [-0.2, -0.15) is 13.2 Å². The van der Waals surface area contributed by atoms with Crippen molar-refractivity contribution in [1.29, 1.82) is 0 Å². The van der Waals surface area contributed by atoms with Gasteiger partial charge in [0.1, 0.15) is 0 Å². The summed E-state index contributed by atoms with van der Waals surface area (Å²) in [7, 11) is 0. The van der Waals surface area contributed by atoms with Gasteiger partial charge in [-0.15, -0.1) is 0 Å². The third-order valence-corrected chi connectivity index (χ3v) is 2.33. The molecule has 0 aliphatic rings. The van der Waals surface area contributed by atoms with E-state index in [0.717, 1.165) is 6.07 Å². The van der Waals surface area contributed by atoms with Gasteiger partial charge < -0.3 is 11.1 Å². The van der Waals surface area contributed by atoms with E-state index in [2.05, 4.69) is 5.32 Å². The Bertz CT molecular complexity index is 336. The minimum Gasteiger partial charge on any atom is -0.329 e. The number of hydrogen-bond acceptors (Lipinski definition) is 2. The Morgan fingerprint density at radius 1 is 1.31 bits per heavy atom. The van der Waals surface area contributed by atoms with E-state index >= 15 is 0 Å². The molecular weight excluding hydrogens is 217 g/mol. The molecule has 0 saturated carbocycles. The smallest absolute Gasteiger partial charge is 0.329 e. The first-order chi connectivity index (χ1) is 7.50. The molecule has 0 bridgehead atoms. The molecular formula is C11H15F3N2. The second-order valence-corrected chi connectivity index (χ2v) is 3.43. The molecule has 0 aliphatic carbocycles. The summed E-state index contributed by atoms with van der Waals surface area (Å²) in [4.78, 5) is 0. The Morgan fingerprint density at radius 2 is 1.94 bits per heavy atom. The number of halogens is 3. The second-order valence-electron chi connectivity index (χ2n) is 3.43. The van der Waals surface area contributed by atoms with Crippen molar-refractivity contribution in [3.8, 4) is 0 Å². The summed E-state index contributed by atoms with van der Waals surface area (Å²) in [6.07, 6.45) is -4.33. The number of alkyl halides is 3. The van der Waals surface area contributed by atoms with Crippen LogP contribution < -0.4 is 11.1 Å². The minimum absolute atomic E-state index is 0.140. The summed E-state index contributed by atoms with van der Waals surface area (Å²) in [5.74, 6) is 0. The molecule has 1 atom stereocenters. The first-order valence-electron chi connectivity index (χ1n) is 5.10. The highest BCUT2D eigenvalue weighted by molar-refractivity contribution is 5.32. The molecule has 0 spiro atoms. The number of hydrogen-bond donors (Lipinski definition) is 2. The van der Waals surface area contributed by atoms with E-state index in [1.54, 1.807) is 6.07 Å². The molecule has 0 fully saturated rings. The summed E-state index contributed by atoms with van der Waals surface area (Å²) in [6, 6.07) is 5.05. The molecule has 0 aliphatic heterocycles. The summed E-state index contributed by atoms with van der Waals surface area (Å²) >= 11 is 0. The van der Waals surface area contributed by atoms with E-state index in [4.69, 9.17) is 5.73 Å². The van der Waals surface area contributed by atoms with Crippen LogP contribution in [0.2, 0.25) is 0 Å². The summed E-state index contributed by atoms with van der Waals surface area (Å²) in [5, 5.41) is 2.94. The molecule has 1 unspecified atom stereocenters. The molecule has 5 heteroatoms. The fourth-order valence-corrected chi connectivity index (χ4v) is 1.63. The third-order valence-electron chi connectivity index (χ3n) is 2.33. The van der Waals surface area contributed by atoms with Gasteiger partial charge in [-0.25, -0.2) is 0 Å². The first kappa shape index (κ1) is 13.0. The molecule has 0 saturated heterocycles. The molecule has 90 valence electrons. The zero-order valence-electron chi connectivity index (χ0n) is 9.01. The lowest BCUT2D eigenvalue weighted by Gasteiger charge is -2.20. The maximum Gasteiger partial charge on any atom is 0.416 e. The van der Waals surface area contributed by atoms with Gasteiger partial charge in [-0.1, -0.05) is 25.1 Å². The van der Waals surface area contributed by atoms with Crippen LogP contribution >= 0.6 is 0 Å². The van der Waals surface area contributed by atoms with Crippen molar-refractivity contribution in [3.63, 3.8) is 0 Å². The lowest BCUT2D eigenvalue weighted by Crippen LogP contribution is -2.30. The van der Waals surface area contributed by atoms with E-state index < -0.39 is 17.8 Å². The summed E-state index contributed by atoms with van der Waals surface area (Å²) in [5.41, 5.74) is 5.06. The van der Waals surface area contributed by atoms with E-state index in [-0.39, 0.29) is 12.1 Å². The number of benzene rings is 1. The van der Waals surface area contributed by atoms with E-state index in [1.165, 1.54) is 12.1 Å². The highest BCUT2D eigenvalue weighted by Gasteiger charge is 2.34. The van der Waals surface area contributed by atoms with Gasteiger partial charge >= 0.3 is 6.18 Å². The Labute approximate surface area is 92.6 Å². The molecule has 1 aromatic carbocycles. The van der Waals surface area contributed by atoms with Crippen LogP contribution in [0.15, 0.2) is 24.3 Å². The average molecular weight is 232 g/mol. The van der Waals surface area contributed by atoms with Crippen molar-refractivity contribution in [2.24, 2.45) is 5.73 Å². The van der Waals surface area contributed by atoms with Crippen molar-refractivity contribution in [3.05, 3.63) is 35.4 Å². The van der Waals surface area contributed by atoms with Crippen LogP contribution in [-0.4, -0.2) is 13.1 Å². The van der Waals surface area contributed by atoms with E-state index in [0.29, 0.717) is 6.54 Å². The van der Waals surface area contributed by atoms with Gasteiger partial charge in [0.2, 0.25) is 0 Å². The second kappa shape index (κ2) is 5.32. The zero-order chi connectivity index (χ0) is 12.2. The predicted molar refractivity (Wildman–Crippen MR) is 56.9 cm³/mol. The normalized spacial score (nSPS) is 13.8. The van der Waals surface area contributed by atoms with Crippen LogP contribution in [-0.2, 0) is 6.18 Å². The Balaban J connectivity index is 3.11. The molecule has 0 aromatic heterocycles. The quantitative estimate of drug-likeness (QED) is 0.836. The maximum absolute atomic E-state index is 12.7. The summed E-state index contributed by atoms with van der Waals surface area (Å²) in [6.45, 7) is 2.55. The van der Waals surface area contributed by atoms with Gasteiger partial charge in [0.25, 0.3) is 0 Å². The lowest BCUT2D eigenvalue weighted by atomic mass is 10.00. The fraction of sp³-hybridized carbons (Fsp3) is 0.455. The molecule has 16 heavy (non-hydrogen) atoms. The molecule has 3 N–H and O–H groups in total. The SMILES string of the molecule is CCNC(CN)c1ccccc1C(F)(F)F. The average Bonchev–Trinajstić information content (AvgIpc) is 2.25. The topological polar surface area (TPSA) is 38.0 Å². The number of likely N-dealkylation sites (N-methyl/N-ethyl adjacent to an activating group) is 1. The van der Waals surface area contributed by atoms with Crippen molar-refractivity contribution in [1.82, 2.24) is 5.32 Å². The van der Waals surface area contributed by atoms with Gasteiger partial charge in [-0.05, 0) is 18.2 Å². The molecule has 0 amide bonds. The van der Waals surface area contributed by atoms with Crippen molar-refractivity contribution in [2.75, 3.05) is 13.1 Å². The Morgan fingerprint density at radius 3 is 2.44 bits per heavy atom. The minimum atomic E-state index is -4.33. The van der Waals surface area contributed by atoms with Crippen LogP contribution in [0.3, 0.4) is 0 Å². The van der Waals surface area contributed by atoms with Gasteiger partial charge in [0.15, 0.2) is 0 Å². The molecule has 0 heterocycles. The van der Waals surface area contributed by atoms with Gasteiger partial charge in [-0.3, -0.25) is 0 Å². The van der Waals surface area contributed by atoms with Gasteiger partial charge in [0.05, 0.1) is 5.56 Å². The maximum atomic E-state index is 12.7. The van der Waals surface area contributed by atoms with Crippen LogP contribution in [0.5, 0.6) is 0 Å². The molecule has 0 radical (unpaired) electrons. The summed E-state index contributed by atoms with van der Waals surface area (Å²) < 4.78 is 38.2. The highest BCUT2D eigenvalue weighted by atomic mass is 19.4. The highest BCUT2D eigenvalue weighted by Crippen LogP contribution is 2.34. The predicted octanol–water partition coefficient (Wildman–Crippen LogP) is 2.31. The van der Waals surface area contributed by atoms with Crippen LogP contribution in [0.4, 0.5) is 13.2 Å². The fourth-order valence-electron chi connectivity index (χ4n) is 1.63. The number of nitrogens with one attached hydrogen (secondary N) is 1. The standard InChI is InChI=1S/C11H15F3N2/c1-2-16-10(7-15)8-5-3-4-6-9(8)11(12,13)14/h3-6,10,16H,2,7,15H2,1H3. The Hall–Kier alpha value is -1.07. The number of nitrogens with two attached hydrogens (primary N) is 1. The van der Waals surface area contributed by atoms with E-state index in [1.807, 2.05) is 6.92 Å². The zero-order valence-corrected chi connectivity index (χ0v) is 9.01. The molecule has 1 rings (SSSR count). The van der Waals surface area contributed by atoms with Crippen molar-refractivity contribution >= 4 is 0 Å². The molecule has 2 nitrogen and oxygen atoms in total. The first-order valence-corrected chi connectivity index (χ1v) is 5.10. The third kappa shape index (κ3) is 2.96. The Kier molecular flexibility index (Phi) is 4.32. The monoisotopic (exact) mass is 232 g/mol. The lowest BCUT2D eigenvalue weighted by molar-refractivity contribution is -0.138.